The van der Waals surface area contributed by atoms with Crippen molar-refractivity contribution >= 4 is 22.8 Å². The second-order valence-corrected chi connectivity index (χ2v) is 6.11. The summed E-state index contributed by atoms with van der Waals surface area (Å²) in [6, 6.07) is 9.73. The van der Waals surface area contributed by atoms with Crippen molar-refractivity contribution in [3.05, 3.63) is 53.9 Å². The van der Waals surface area contributed by atoms with E-state index >= 15 is 0 Å². The highest BCUT2D eigenvalue weighted by atomic mass is 19.1. The van der Waals surface area contributed by atoms with Gasteiger partial charge in [0.25, 0.3) is 0 Å². The zero-order chi connectivity index (χ0) is 17.8. The zero-order valence-corrected chi connectivity index (χ0v) is 12.9. The summed E-state index contributed by atoms with van der Waals surface area (Å²) in [5, 5.41) is 9.71. The first-order valence-corrected chi connectivity index (χ1v) is 7.59. The average Bonchev–Trinajstić information content (AvgIpc) is 3.11. The van der Waals surface area contributed by atoms with Crippen molar-refractivity contribution in [3.8, 4) is 11.3 Å². The lowest BCUT2D eigenvalue weighted by Gasteiger charge is -2.10. The first-order chi connectivity index (χ1) is 11.9. The summed E-state index contributed by atoms with van der Waals surface area (Å²) in [6.45, 7) is 0. The van der Waals surface area contributed by atoms with E-state index in [1.54, 1.807) is 30.3 Å². The van der Waals surface area contributed by atoms with E-state index in [-0.39, 0.29) is 12.1 Å². The van der Waals surface area contributed by atoms with Crippen LogP contribution in [-0.4, -0.2) is 28.1 Å². The van der Waals surface area contributed by atoms with Crippen LogP contribution in [0.4, 0.5) is 4.39 Å². The number of rotatable bonds is 4. The van der Waals surface area contributed by atoms with Crippen LogP contribution in [0.2, 0.25) is 0 Å². The van der Waals surface area contributed by atoms with Gasteiger partial charge < -0.3 is 15.3 Å². The van der Waals surface area contributed by atoms with Crippen LogP contribution in [-0.2, 0) is 10.2 Å². The molecule has 0 saturated heterocycles. The molecule has 1 aromatic carbocycles. The number of carbonyl (C=O) groups excluding carboxylic acids is 1. The largest absolute Gasteiger partial charge is 0.477 e. The Balaban J connectivity index is 1.78. The highest BCUT2D eigenvalue weighted by Crippen LogP contribution is 2.51. The fourth-order valence-electron chi connectivity index (χ4n) is 3.08. The lowest BCUT2D eigenvalue weighted by Crippen LogP contribution is -2.30. The number of alkyl halides is 1. The van der Waals surface area contributed by atoms with Crippen molar-refractivity contribution in [2.45, 2.75) is 18.0 Å². The first kappa shape index (κ1) is 15.3. The van der Waals surface area contributed by atoms with Crippen LogP contribution in [0.1, 0.15) is 22.5 Å². The molecule has 3 N–H and O–H groups in total. The lowest BCUT2D eigenvalue weighted by atomic mass is 9.94. The zero-order valence-electron chi connectivity index (χ0n) is 12.9. The number of aromatic nitrogens is 1. The highest BCUT2D eigenvalue weighted by Gasteiger charge is 2.61. The van der Waals surface area contributed by atoms with Gasteiger partial charge in [0.15, 0.2) is 0 Å². The molecule has 6 nitrogen and oxygen atoms in total. The molecule has 0 aliphatic heterocycles. The molecule has 1 amide bonds. The number of primary amides is 1. The summed E-state index contributed by atoms with van der Waals surface area (Å²) in [5.41, 5.74) is 5.66. The third-order valence-corrected chi connectivity index (χ3v) is 4.61. The number of pyridine rings is 1. The molecule has 2 aromatic heterocycles. The maximum Gasteiger partial charge on any atom is 0.354 e. The van der Waals surface area contributed by atoms with Gasteiger partial charge in [0.05, 0.1) is 0 Å². The van der Waals surface area contributed by atoms with Gasteiger partial charge in [0.1, 0.15) is 28.6 Å². The molecule has 2 atom stereocenters. The number of carboxylic acid groups (broad SMARTS) is 1. The Morgan fingerprint density at radius 1 is 1.28 bits per heavy atom. The Morgan fingerprint density at radius 2 is 2.04 bits per heavy atom. The molecule has 126 valence electrons. The number of hydrogen-bond donors (Lipinski definition) is 2. The molecule has 1 aliphatic carbocycles. The van der Waals surface area contributed by atoms with E-state index in [1.807, 2.05) is 0 Å². The van der Waals surface area contributed by atoms with E-state index < -0.39 is 23.5 Å². The van der Waals surface area contributed by atoms with Gasteiger partial charge in [-0.05, 0) is 35.9 Å². The molecule has 4 rings (SSSR count). The minimum Gasteiger partial charge on any atom is -0.477 e. The van der Waals surface area contributed by atoms with Gasteiger partial charge in [0, 0.05) is 23.6 Å². The van der Waals surface area contributed by atoms with Gasteiger partial charge in [-0.25, -0.2) is 14.2 Å². The van der Waals surface area contributed by atoms with Crippen LogP contribution in [0.15, 0.2) is 47.0 Å². The van der Waals surface area contributed by atoms with E-state index in [1.165, 1.54) is 12.3 Å². The predicted octanol–water partition coefficient (Wildman–Crippen LogP) is 2.66. The number of furan rings is 1. The highest BCUT2D eigenvalue weighted by molar-refractivity contribution is 5.93. The molecule has 3 aromatic rings. The summed E-state index contributed by atoms with van der Waals surface area (Å²) in [6.07, 6.45) is 0.203. The maximum absolute atomic E-state index is 13.8. The first-order valence-electron chi connectivity index (χ1n) is 7.59. The number of fused-ring (bicyclic) bond motifs is 1. The van der Waals surface area contributed by atoms with E-state index in [0.29, 0.717) is 27.9 Å². The third kappa shape index (κ3) is 2.27. The van der Waals surface area contributed by atoms with E-state index in [4.69, 9.17) is 15.3 Å². The summed E-state index contributed by atoms with van der Waals surface area (Å²) < 4.78 is 19.5. The van der Waals surface area contributed by atoms with E-state index in [0.717, 1.165) is 0 Å². The van der Waals surface area contributed by atoms with Crippen molar-refractivity contribution < 1.29 is 23.5 Å². The number of carboxylic acids is 1. The normalized spacial score (nSPS) is 22.0. The molecule has 1 aliphatic rings. The molecule has 1 saturated carbocycles. The SMILES string of the molecule is NC(=O)[C@@]1(c2ccc3oc(-c4ccnc(C(=O)O)c4)cc3c2)C[C@@H]1F. The number of aromatic carboxylic acids is 1. The molecule has 0 radical (unpaired) electrons. The number of benzene rings is 1. The predicted molar refractivity (Wildman–Crippen MR) is 86.8 cm³/mol. The quantitative estimate of drug-likeness (QED) is 0.759. The van der Waals surface area contributed by atoms with Crippen LogP contribution in [0, 0.1) is 0 Å². The Bertz CT molecular complexity index is 1030. The van der Waals surface area contributed by atoms with Gasteiger partial charge in [-0.2, -0.15) is 0 Å². The molecular weight excluding hydrogens is 327 g/mol. The number of hydrogen-bond acceptors (Lipinski definition) is 4. The number of halogens is 1. The fraction of sp³-hybridized carbons (Fsp3) is 0.167. The minimum atomic E-state index is -1.27. The monoisotopic (exact) mass is 340 g/mol. The van der Waals surface area contributed by atoms with Gasteiger partial charge >= 0.3 is 5.97 Å². The van der Waals surface area contributed by atoms with Crippen molar-refractivity contribution in [1.29, 1.82) is 0 Å². The second kappa shape index (κ2) is 5.14. The van der Waals surface area contributed by atoms with Crippen LogP contribution in [0.3, 0.4) is 0 Å². The molecule has 1 fully saturated rings. The Morgan fingerprint density at radius 3 is 2.68 bits per heavy atom. The second-order valence-electron chi connectivity index (χ2n) is 6.11. The standard InChI is InChI=1S/C18H13FN2O4/c19-15-8-18(15,17(20)24)11-1-2-13-10(5-11)7-14(25-13)9-3-4-21-12(6-9)16(22)23/h1-7,15H,8H2,(H2,20,24)(H,22,23)/t15-,18+/m0/s1. The van der Waals surface area contributed by atoms with E-state index in [9.17, 15) is 14.0 Å². The van der Waals surface area contributed by atoms with Crippen molar-refractivity contribution in [1.82, 2.24) is 4.98 Å². The van der Waals surface area contributed by atoms with E-state index in [2.05, 4.69) is 4.98 Å². The van der Waals surface area contributed by atoms with Gasteiger partial charge in [-0.1, -0.05) is 6.07 Å². The summed E-state index contributed by atoms with van der Waals surface area (Å²) in [5.74, 6) is -1.35. The van der Waals surface area contributed by atoms with Crippen molar-refractivity contribution in [2.75, 3.05) is 0 Å². The Hall–Kier alpha value is -3.22. The van der Waals surface area contributed by atoms with Gasteiger partial charge in [-0.3, -0.25) is 4.79 Å². The maximum atomic E-state index is 13.8. The molecule has 0 bridgehead atoms. The minimum absolute atomic E-state index is 0.0882. The molecular formula is C18H13FN2O4. The summed E-state index contributed by atoms with van der Waals surface area (Å²) in [7, 11) is 0. The van der Waals surface area contributed by atoms with Crippen LogP contribution in [0.25, 0.3) is 22.3 Å². The average molecular weight is 340 g/mol. The number of carbonyl (C=O) groups is 2. The third-order valence-electron chi connectivity index (χ3n) is 4.61. The van der Waals surface area contributed by atoms with Crippen molar-refractivity contribution in [3.63, 3.8) is 0 Å². The molecule has 0 unspecified atom stereocenters. The smallest absolute Gasteiger partial charge is 0.354 e. The number of nitrogens with two attached hydrogens (primary N) is 1. The number of nitrogens with zero attached hydrogens (tertiary/aromatic N) is 1. The molecule has 25 heavy (non-hydrogen) atoms. The van der Waals surface area contributed by atoms with Crippen LogP contribution < -0.4 is 5.73 Å². The Labute approximate surface area is 141 Å². The van der Waals surface area contributed by atoms with Gasteiger partial charge in [0.2, 0.25) is 5.91 Å². The van der Waals surface area contributed by atoms with Crippen LogP contribution in [0.5, 0.6) is 0 Å². The molecule has 0 spiro atoms. The molecule has 2 heterocycles. The van der Waals surface area contributed by atoms with Crippen LogP contribution >= 0.6 is 0 Å². The topological polar surface area (TPSA) is 106 Å². The summed E-state index contributed by atoms with van der Waals surface area (Å²) >= 11 is 0. The number of amides is 1. The summed E-state index contributed by atoms with van der Waals surface area (Å²) in [4.78, 5) is 26.5. The molecule has 7 heteroatoms. The fourth-order valence-corrected chi connectivity index (χ4v) is 3.08. The lowest BCUT2D eigenvalue weighted by molar-refractivity contribution is -0.120. The van der Waals surface area contributed by atoms with Crippen molar-refractivity contribution in [2.24, 2.45) is 5.73 Å². The van der Waals surface area contributed by atoms with Gasteiger partial charge in [-0.15, -0.1) is 0 Å². The Kier molecular flexibility index (Phi) is 3.15.